The second-order valence-electron chi connectivity index (χ2n) is 5.58. The minimum absolute atomic E-state index is 0.389. The zero-order chi connectivity index (χ0) is 14.5. The van der Waals surface area contributed by atoms with E-state index in [-0.39, 0.29) is 0 Å². The summed E-state index contributed by atoms with van der Waals surface area (Å²) in [4.78, 5) is 0. The lowest BCUT2D eigenvalue weighted by Crippen LogP contribution is -2.26. The Morgan fingerprint density at radius 3 is 2.90 bits per heavy atom. The van der Waals surface area contributed by atoms with E-state index in [1.165, 1.54) is 29.3 Å². The Labute approximate surface area is 126 Å². The minimum Gasteiger partial charge on any atom is -0.367 e. The van der Waals surface area contributed by atoms with Gasteiger partial charge in [0, 0.05) is 23.6 Å². The van der Waals surface area contributed by atoms with Crippen LogP contribution in [0.25, 0.3) is 10.9 Å². The number of hydrogen-bond acceptors (Lipinski definition) is 2. The quantitative estimate of drug-likeness (QED) is 0.674. The molecule has 1 aromatic carbocycles. The largest absolute Gasteiger partial charge is 0.367 e. The molecule has 0 aliphatic carbocycles. The monoisotopic (exact) mass is 282 g/mol. The van der Waals surface area contributed by atoms with Gasteiger partial charge in [0.1, 0.15) is 6.61 Å². The first-order chi connectivity index (χ1) is 10.4. The number of aromatic nitrogens is 1. The molecule has 1 aliphatic heterocycles. The molecule has 3 rings (SSSR count). The van der Waals surface area contributed by atoms with Crippen molar-refractivity contribution in [3.8, 4) is 12.3 Å². The van der Waals surface area contributed by atoms with E-state index in [0.29, 0.717) is 19.1 Å². The van der Waals surface area contributed by atoms with Gasteiger partial charge in [-0.3, -0.25) is 0 Å². The molecular formula is C18H22N2O. The first-order valence-corrected chi connectivity index (χ1v) is 7.70. The lowest BCUT2D eigenvalue weighted by molar-refractivity contribution is 0.158. The molecule has 1 N–H and O–H groups in total. The highest BCUT2D eigenvalue weighted by molar-refractivity contribution is 5.84. The number of hydrogen-bond donors (Lipinski definition) is 1. The number of benzene rings is 1. The standard InChI is InChI=1S/C18H22N2O/c1-2-12-21-13-11-20-14-17(15-7-9-19-10-8-15)16-5-3-4-6-18(16)20/h1,3-6,14-15,19H,7-13H2. The second-order valence-corrected chi connectivity index (χ2v) is 5.58. The molecule has 1 aliphatic rings. The number of rotatable bonds is 5. The molecule has 110 valence electrons. The van der Waals surface area contributed by atoms with Gasteiger partial charge < -0.3 is 14.6 Å². The van der Waals surface area contributed by atoms with Crippen LogP contribution < -0.4 is 5.32 Å². The molecule has 0 amide bonds. The molecule has 0 bridgehead atoms. The average molecular weight is 282 g/mol. The normalized spacial score (nSPS) is 16.1. The first-order valence-electron chi connectivity index (χ1n) is 7.70. The van der Waals surface area contributed by atoms with Gasteiger partial charge >= 0.3 is 0 Å². The van der Waals surface area contributed by atoms with Crippen LogP contribution in [0.2, 0.25) is 0 Å². The summed E-state index contributed by atoms with van der Waals surface area (Å²) < 4.78 is 7.73. The van der Waals surface area contributed by atoms with Crippen molar-refractivity contribution in [3.05, 3.63) is 36.0 Å². The van der Waals surface area contributed by atoms with E-state index < -0.39 is 0 Å². The molecule has 3 heteroatoms. The van der Waals surface area contributed by atoms with E-state index in [9.17, 15) is 0 Å². The van der Waals surface area contributed by atoms with Crippen molar-refractivity contribution in [2.75, 3.05) is 26.3 Å². The number of para-hydroxylation sites is 1. The fraction of sp³-hybridized carbons (Fsp3) is 0.444. The molecule has 0 saturated carbocycles. The Morgan fingerprint density at radius 2 is 2.10 bits per heavy atom. The molecular weight excluding hydrogens is 260 g/mol. The van der Waals surface area contributed by atoms with Crippen LogP contribution in [0.15, 0.2) is 30.5 Å². The van der Waals surface area contributed by atoms with Crippen molar-refractivity contribution in [2.45, 2.75) is 25.3 Å². The van der Waals surface area contributed by atoms with Crippen LogP contribution in [-0.4, -0.2) is 30.9 Å². The number of fused-ring (bicyclic) bond motifs is 1. The number of nitrogens with zero attached hydrogens (tertiary/aromatic N) is 1. The summed E-state index contributed by atoms with van der Waals surface area (Å²) in [5.41, 5.74) is 2.79. The average Bonchev–Trinajstić information content (AvgIpc) is 2.92. The second kappa shape index (κ2) is 6.80. The van der Waals surface area contributed by atoms with Crippen molar-refractivity contribution < 1.29 is 4.74 Å². The Hall–Kier alpha value is -1.76. The van der Waals surface area contributed by atoms with Crippen molar-refractivity contribution in [2.24, 2.45) is 0 Å². The predicted molar refractivity (Wildman–Crippen MR) is 86.4 cm³/mol. The maximum Gasteiger partial charge on any atom is 0.107 e. The topological polar surface area (TPSA) is 26.2 Å². The van der Waals surface area contributed by atoms with E-state index in [1.54, 1.807) is 0 Å². The zero-order valence-electron chi connectivity index (χ0n) is 12.3. The van der Waals surface area contributed by atoms with E-state index in [0.717, 1.165) is 19.6 Å². The summed E-state index contributed by atoms with van der Waals surface area (Å²) in [7, 11) is 0. The Kier molecular flexibility index (Phi) is 4.59. The van der Waals surface area contributed by atoms with Gasteiger partial charge in [0.15, 0.2) is 0 Å². The van der Waals surface area contributed by atoms with Crippen LogP contribution in [0.3, 0.4) is 0 Å². The van der Waals surface area contributed by atoms with E-state index >= 15 is 0 Å². The van der Waals surface area contributed by atoms with Gasteiger partial charge in [-0.25, -0.2) is 0 Å². The zero-order valence-corrected chi connectivity index (χ0v) is 12.3. The molecule has 1 fully saturated rings. The van der Waals surface area contributed by atoms with E-state index in [4.69, 9.17) is 11.2 Å². The molecule has 0 radical (unpaired) electrons. The maximum absolute atomic E-state index is 5.42. The van der Waals surface area contributed by atoms with Gasteiger partial charge in [-0.2, -0.15) is 0 Å². The third-order valence-electron chi connectivity index (χ3n) is 4.26. The Morgan fingerprint density at radius 1 is 1.29 bits per heavy atom. The predicted octanol–water partition coefficient (Wildman–Crippen LogP) is 2.76. The van der Waals surface area contributed by atoms with Crippen LogP contribution in [0.4, 0.5) is 0 Å². The van der Waals surface area contributed by atoms with Crippen LogP contribution in [-0.2, 0) is 11.3 Å². The van der Waals surface area contributed by atoms with Crippen LogP contribution in [0.1, 0.15) is 24.3 Å². The Balaban J connectivity index is 1.85. The lowest BCUT2D eigenvalue weighted by Gasteiger charge is -2.22. The first kappa shape index (κ1) is 14.2. The summed E-state index contributed by atoms with van der Waals surface area (Å²) in [6.07, 6.45) is 9.98. The molecule has 2 aromatic rings. The van der Waals surface area contributed by atoms with Gasteiger partial charge in [-0.1, -0.05) is 24.1 Å². The highest BCUT2D eigenvalue weighted by Crippen LogP contribution is 2.32. The molecule has 0 atom stereocenters. The molecule has 3 nitrogen and oxygen atoms in total. The molecule has 1 aromatic heterocycles. The summed E-state index contributed by atoms with van der Waals surface area (Å²) in [6.45, 7) is 4.15. The highest BCUT2D eigenvalue weighted by atomic mass is 16.5. The van der Waals surface area contributed by atoms with Gasteiger partial charge in [-0.15, -0.1) is 6.42 Å². The third-order valence-corrected chi connectivity index (χ3v) is 4.26. The van der Waals surface area contributed by atoms with Gasteiger partial charge in [-0.05, 0) is 43.5 Å². The highest BCUT2D eigenvalue weighted by Gasteiger charge is 2.19. The number of piperidine rings is 1. The summed E-state index contributed by atoms with van der Waals surface area (Å²) in [5.74, 6) is 3.18. The number of nitrogens with one attached hydrogen (secondary N) is 1. The molecule has 0 unspecified atom stereocenters. The van der Waals surface area contributed by atoms with Gasteiger partial charge in [0.2, 0.25) is 0 Å². The van der Waals surface area contributed by atoms with Crippen molar-refractivity contribution in [3.63, 3.8) is 0 Å². The fourth-order valence-corrected chi connectivity index (χ4v) is 3.21. The minimum atomic E-state index is 0.389. The molecule has 21 heavy (non-hydrogen) atoms. The van der Waals surface area contributed by atoms with Crippen LogP contribution >= 0.6 is 0 Å². The van der Waals surface area contributed by atoms with Crippen molar-refractivity contribution in [1.82, 2.24) is 9.88 Å². The SMILES string of the molecule is C#CCOCCn1cc(C2CCNCC2)c2ccccc21. The molecule has 2 heterocycles. The maximum atomic E-state index is 5.42. The van der Waals surface area contributed by atoms with Crippen molar-refractivity contribution >= 4 is 10.9 Å². The Bertz CT molecular complexity index is 632. The van der Waals surface area contributed by atoms with E-state index in [1.807, 2.05) is 0 Å². The molecule has 0 spiro atoms. The summed E-state index contributed by atoms with van der Waals surface area (Å²) in [6, 6.07) is 8.67. The lowest BCUT2D eigenvalue weighted by atomic mass is 9.90. The van der Waals surface area contributed by atoms with Crippen LogP contribution in [0, 0.1) is 12.3 Å². The van der Waals surface area contributed by atoms with Gasteiger partial charge in [0.05, 0.1) is 6.61 Å². The molecule has 1 saturated heterocycles. The van der Waals surface area contributed by atoms with Crippen LogP contribution in [0.5, 0.6) is 0 Å². The number of terminal acetylenes is 1. The van der Waals surface area contributed by atoms with Gasteiger partial charge in [0.25, 0.3) is 0 Å². The summed E-state index contributed by atoms with van der Waals surface area (Å²) in [5, 5.41) is 4.83. The third kappa shape index (κ3) is 3.12. The summed E-state index contributed by atoms with van der Waals surface area (Å²) >= 11 is 0. The fourth-order valence-electron chi connectivity index (χ4n) is 3.21. The number of ether oxygens (including phenoxy) is 1. The smallest absolute Gasteiger partial charge is 0.107 e. The van der Waals surface area contributed by atoms with Crippen molar-refractivity contribution in [1.29, 1.82) is 0 Å². The van der Waals surface area contributed by atoms with E-state index in [2.05, 4.69) is 46.3 Å².